The molecule has 0 spiro atoms. The van der Waals surface area contributed by atoms with Gasteiger partial charge in [0.05, 0.1) is 33.1 Å². The standard InChI is InChI=1S/C80H50N4/c1-5-19-51(20-6-1)53-33-38-58(39-34-53)81(59-40-35-54(36-41-59)52-21-7-2-8-22-52)61-43-46-68-71-47-55-37-44-69-77-75(83(57-25-11-4-12-26-57)80(76(55)77)79(71)82(74(68)49-61)56-23-9-3-10-24-56)50-72-67-31-17-18-32-73(67)84(78(69)72)60-42-45-66-64-29-14-13-27-62(64)63-28-15-16-30-65(63)70(66)48-60/h1-50H. The molecule has 0 saturated carbocycles. The molecule has 0 aliphatic carbocycles. The largest absolute Gasteiger partial charge is 0.310 e. The maximum absolute atomic E-state index is 2.57. The summed E-state index contributed by atoms with van der Waals surface area (Å²) in [5, 5.41) is 17.4. The molecule has 4 heteroatoms. The summed E-state index contributed by atoms with van der Waals surface area (Å²) >= 11 is 0. The van der Waals surface area contributed by atoms with Gasteiger partial charge in [0.2, 0.25) is 0 Å². The molecule has 15 aromatic carbocycles. The van der Waals surface area contributed by atoms with Gasteiger partial charge >= 0.3 is 0 Å². The lowest BCUT2D eigenvalue weighted by atomic mass is 9.94. The van der Waals surface area contributed by atoms with Gasteiger partial charge in [-0.05, 0) is 151 Å². The molecule has 3 aromatic heterocycles. The van der Waals surface area contributed by atoms with Crippen molar-refractivity contribution in [3.8, 4) is 39.3 Å². The average Bonchev–Trinajstić information content (AvgIpc) is 2.77. The fourth-order valence-corrected chi connectivity index (χ4v) is 14.3. The Labute approximate surface area is 484 Å². The van der Waals surface area contributed by atoms with E-state index in [-0.39, 0.29) is 0 Å². The molecule has 390 valence electrons. The Hall–Kier alpha value is -11.2. The molecule has 0 bridgehead atoms. The van der Waals surface area contributed by atoms with Gasteiger partial charge in [-0.3, -0.25) is 0 Å². The summed E-state index contributed by atoms with van der Waals surface area (Å²) in [5.41, 5.74) is 18.4. The van der Waals surface area contributed by atoms with Gasteiger partial charge in [0.25, 0.3) is 0 Å². The molecular formula is C80H50N4. The highest BCUT2D eigenvalue weighted by atomic mass is 15.1. The van der Waals surface area contributed by atoms with Crippen molar-refractivity contribution in [2.75, 3.05) is 4.90 Å². The molecule has 3 heterocycles. The van der Waals surface area contributed by atoms with E-state index in [9.17, 15) is 0 Å². The van der Waals surface area contributed by atoms with Crippen LogP contribution in [-0.2, 0) is 0 Å². The minimum atomic E-state index is 1.07. The van der Waals surface area contributed by atoms with Crippen LogP contribution in [0.25, 0.3) is 148 Å². The number of fused-ring (bicyclic) bond motifs is 14. The molecule has 18 rings (SSSR count). The topological polar surface area (TPSA) is 18.0 Å². The van der Waals surface area contributed by atoms with E-state index >= 15 is 0 Å². The van der Waals surface area contributed by atoms with Gasteiger partial charge < -0.3 is 18.6 Å². The van der Waals surface area contributed by atoms with Gasteiger partial charge in [-0.25, -0.2) is 0 Å². The number of hydrogen-bond donors (Lipinski definition) is 0. The Morgan fingerprint density at radius 3 is 1.23 bits per heavy atom. The van der Waals surface area contributed by atoms with Crippen LogP contribution >= 0.6 is 0 Å². The Morgan fingerprint density at radius 1 is 0.202 bits per heavy atom. The van der Waals surface area contributed by atoms with Crippen molar-refractivity contribution in [1.82, 2.24) is 13.7 Å². The van der Waals surface area contributed by atoms with Crippen molar-refractivity contribution in [1.29, 1.82) is 0 Å². The summed E-state index contributed by atoms with van der Waals surface area (Å²) < 4.78 is 7.65. The SMILES string of the molecule is c1ccc(-c2ccc(N(c3ccc(-c4ccccc4)cc3)c3ccc4c5cc6ccc7c8c6c(c5n(-c5ccccc5)c4c3)n(-c3ccccc3)c8cc3c4ccccc4n(-c4ccc5c6ccccc6c6ccccc6c5c4)c37)cc2)cc1. The van der Waals surface area contributed by atoms with Gasteiger partial charge in [0, 0.05) is 71.8 Å². The van der Waals surface area contributed by atoms with Crippen molar-refractivity contribution in [3.63, 3.8) is 0 Å². The van der Waals surface area contributed by atoms with E-state index in [4.69, 9.17) is 0 Å². The van der Waals surface area contributed by atoms with Gasteiger partial charge in [-0.1, -0.05) is 212 Å². The van der Waals surface area contributed by atoms with Gasteiger partial charge in [-0.15, -0.1) is 0 Å². The smallest absolute Gasteiger partial charge is 0.0795 e. The number of aromatic nitrogens is 3. The van der Waals surface area contributed by atoms with Crippen LogP contribution in [0.1, 0.15) is 0 Å². The van der Waals surface area contributed by atoms with Crippen LogP contribution in [0.3, 0.4) is 0 Å². The molecule has 0 fully saturated rings. The molecule has 84 heavy (non-hydrogen) atoms. The first kappa shape index (κ1) is 46.5. The lowest BCUT2D eigenvalue weighted by Gasteiger charge is -2.26. The van der Waals surface area contributed by atoms with Crippen LogP contribution in [-0.4, -0.2) is 13.7 Å². The Balaban J connectivity index is 0.923. The van der Waals surface area contributed by atoms with Gasteiger partial charge in [0.15, 0.2) is 0 Å². The first-order valence-corrected chi connectivity index (χ1v) is 29.0. The zero-order valence-electron chi connectivity index (χ0n) is 45.7. The normalized spacial score (nSPS) is 12.0. The fourth-order valence-electron chi connectivity index (χ4n) is 14.3. The Morgan fingerprint density at radius 2 is 0.631 bits per heavy atom. The molecule has 0 unspecified atom stereocenters. The highest BCUT2D eigenvalue weighted by Crippen LogP contribution is 2.51. The van der Waals surface area contributed by atoms with Crippen LogP contribution in [0.5, 0.6) is 0 Å². The van der Waals surface area contributed by atoms with E-state index in [1.165, 1.54) is 125 Å². The summed E-state index contributed by atoms with van der Waals surface area (Å²) in [6.07, 6.45) is 0. The van der Waals surface area contributed by atoms with E-state index in [0.29, 0.717) is 0 Å². The second-order valence-electron chi connectivity index (χ2n) is 22.4. The summed E-state index contributed by atoms with van der Waals surface area (Å²) in [6.45, 7) is 0. The van der Waals surface area contributed by atoms with Gasteiger partial charge in [-0.2, -0.15) is 0 Å². The van der Waals surface area contributed by atoms with E-state index in [2.05, 4.69) is 322 Å². The second kappa shape index (κ2) is 18.2. The van der Waals surface area contributed by atoms with Crippen molar-refractivity contribution < 1.29 is 0 Å². The van der Waals surface area contributed by atoms with Crippen molar-refractivity contribution in [2.24, 2.45) is 0 Å². The number of benzene rings is 15. The third-order valence-corrected chi connectivity index (χ3v) is 17.9. The summed E-state index contributed by atoms with van der Waals surface area (Å²) in [7, 11) is 0. The van der Waals surface area contributed by atoms with Crippen molar-refractivity contribution >= 4 is 126 Å². The minimum Gasteiger partial charge on any atom is -0.310 e. The van der Waals surface area contributed by atoms with Gasteiger partial charge in [0.1, 0.15) is 0 Å². The summed E-state index contributed by atoms with van der Waals surface area (Å²) in [4.78, 5) is 2.41. The zero-order chi connectivity index (χ0) is 55.0. The van der Waals surface area contributed by atoms with E-state index in [1.807, 2.05) is 0 Å². The molecule has 0 atom stereocenters. The Kier molecular flexibility index (Phi) is 10.1. The molecule has 0 aliphatic rings. The highest BCUT2D eigenvalue weighted by molar-refractivity contribution is 6.37. The molecule has 0 radical (unpaired) electrons. The van der Waals surface area contributed by atoms with E-state index in [1.54, 1.807) is 0 Å². The molecule has 18 aromatic rings. The maximum Gasteiger partial charge on any atom is 0.0795 e. The van der Waals surface area contributed by atoms with E-state index in [0.717, 1.165) is 39.6 Å². The predicted molar refractivity (Wildman–Crippen MR) is 356 cm³/mol. The lowest BCUT2D eigenvalue weighted by molar-refractivity contribution is 1.15. The van der Waals surface area contributed by atoms with Crippen LogP contribution in [0.4, 0.5) is 17.1 Å². The summed E-state index contributed by atoms with van der Waals surface area (Å²) in [6, 6.07) is 112. The van der Waals surface area contributed by atoms with Crippen molar-refractivity contribution in [3.05, 3.63) is 303 Å². The lowest BCUT2D eigenvalue weighted by Crippen LogP contribution is -2.10. The Bertz CT molecular complexity index is 5500. The fraction of sp³-hybridized carbons (Fsp3) is 0. The third-order valence-electron chi connectivity index (χ3n) is 17.9. The first-order chi connectivity index (χ1) is 41.7. The van der Waals surface area contributed by atoms with Crippen molar-refractivity contribution in [2.45, 2.75) is 0 Å². The first-order valence-electron chi connectivity index (χ1n) is 29.0. The van der Waals surface area contributed by atoms with Crippen LogP contribution in [0.2, 0.25) is 0 Å². The molecule has 0 aliphatic heterocycles. The predicted octanol–water partition coefficient (Wildman–Crippen LogP) is 21.8. The molecule has 0 amide bonds. The average molecular weight is 1070 g/mol. The monoisotopic (exact) mass is 1070 g/mol. The van der Waals surface area contributed by atoms with Crippen LogP contribution < -0.4 is 4.90 Å². The number of hydrogen-bond acceptors (Lipinski definition) is 1. The quantitative estimate of drug-likeness (QED) is 0.139. The molecule has 0 saturated heterocycles. The molecule has 0 N–H and O–H groups in total. The van der Waals surface area contributed by atoms with Crippen LogP contribution in [0, 0.1) is 0 Å². The highest BCUT2D eigenvalue weighted by Gasteiger charge is 2.28. The van der Waals surface area contributed by atoms with E-state index < -0.39 is 0 Å². The molecule has 4 nitrogen and oxygen atoms in total. The second-order valence-corrected chi connectivity index (χ2v) is 22.4. The molecular weight excluding hydrogens is 1020 g/mol. The third kappa shape index (κ3) is 6.83. The number of rotatable bonds is 8. The number of anilines is 3. The summed E-state index contributed by atoms with van der Waals surface area (Å²) in [5.74, 6) is 0. The number of nitrogens with zero attached hydrogens (tertiary/aromatic N) is 4. The number of para-hydroxylation sites is 3. The van der Waals surface area contributed by atoms with Crippen LogP contribution in [0.15, 0.2) is 303 Å². The zero-order valence-corrected chi connectivity index (χ0v) is 45.7. The maximum atomic E-state index is 2.57. The minimum absolute atomic E-state index is 1.07.